The lowest BCUT2D eigenvalue weighted by Gasteiger charge is -2.01. The number of nitrogens with zero attached hydrogens (tertiary/aromatic N) is 2. The maximum Gasteiger partial charge on any atom is 0.170 e. The molecule has 0 bridgehead atoms. The van der Waals surface area contributed by atoms with Gasteiger partial charge in [0, 0.05) is 14.2 Å². The molecule has 1 aromatic heterocycles. The fourth-order valence-electron chi connectivity index (χ4n) is 0.818. The van der Waals surface area contributed by atoms with Gasteiger partial charge >= 0.3 is 0 Å². The van der Waals surface area contributed by atoms with Gasteiger partial charge in [-0.1, -0.05) is 11.8 Å². The summed E-state index contributed by atoms with van der Waals surface area (Å²) in [4.78, 5) is 4.11. The molecule has 0 fully saturated rings. The Balaban J connectivity index is 2.66. The topological polar surface area (TPSA) is 47.3 Å². The predicted octanol–water partition coefficient (Wildman–Crippen LogP) is 0.608. The summed E-state index contributed by atoms with van der Waals surface area (Å²) < 4.78 is 6.74. The Kier molecular flexibility index (Phi) is 3.58. The summed E-state index contributed by atoms with van der Waals surface area (Å²) in [6, 6.07) is 0. The van der Waals surface area contributed by atoms with E-state index in [9.17, 15) is 0 Å². The molecule has 0 spiro atoms. The largest absolute Gasteiger partial charge is 0.390 e. The van der Waals surface area contributed by atoms with Crippen LogP contribution in [-0.4, -0.2) is 27.7 Å². The van der Waals surface area contributed by atoms with Gasteiger partial charge in [-0.3, -0.25) is 0 Å². The second-order valence-corrected chi connectivity index (χ2v) is 3.19. The number of imidazole rings is 1. The average molecular weight is 188 g/mol. The fourth-order valence-corrected chi connectivity index (χ4v) is 1.48. The van der Waals surface area contributed by atoms with E-state index in [0.717, 1.165) is 10.9 Å². The van der Waals surface area contributed by atoms with E-state index in [2.05, 4.69) is 4.98 Å². The molecule has 5 heteroatoms. The summed E-state index contributed by atoms with van der Waals surface area (Å²) in [6.07, 6.45) is 1.66. The maximum atomic E-state index is 8.86. The highest BCUT2D eigenvalue weighted by Gasteiger charge is 2.04. The second-order valence-electron chi connectivity index (χ2n) is 2.30. The Labute approximate surface area is 75.6 Å². The van der Waals surface area contributed by atoms with Gasteiger partial charge in [-0.25, -0.2) is 4.98 Å². The molecule has 0 unspecified atom stereocenters. The highest BCUT2D eigenvalue weighted by Crippen LogP contribution is 2.16. The van der Waals surface area contributed by atoms with Crippen LogP contribution < -0.4 is 0 Å². The number of rotatable bonds is 4. The van der Waals surface area contributed by atoms with Crippen molar-refractivity contribution in [3.05, 3.63) is 11.9 Å². The first-order valence-corrected chi connectivity index (χ1v) is 4.51. The predicted molar refractivity (Wildman–Crippen MR) is 46.9 cm³/mol. The highest BCUT2D eigenvalue weighted by molar-refractivity contribution is 7.99. The van der Waals surface area contributed by atoms with E-state index in [4.69, 9.17) is 9.84 Å². The molecule has 0 aliphatic heterocycles. The van der Waals surface area contributed by atoms with Crippen molar-refractivity contribution in [1.29, 1.82) is 0 Å². The zero-order chi connectivity index (χ0) is 8.97. The molecule has 12 heavy (non-hydrogen) atoms. The van der Waals surface area contributed by atoms with Gasteiger partial charge < -0.3 is 14.4 Å². The van der Waals surface area contributed by atoms with Crippen molar-refractivity contribution in [2.75, 3.05) is 13.0 Å². The maximum absolute atomic E-state index is 8.86. The van der Waals surface area contributed by atoms with Crippen LogP contribution in [0.25, 0.3) is 0 Å². The lowest BCUT2D eigenvalue weighted by molar-refractivity contribution is 0.258. The molecule has 68 valence electrons. The second kappa shape index (κ2) is 4.49. The molecular formula is C7H12N2O2S. The lowest BCUT2D eigenvalue weighted by Crippen LogP contribution is -1.97. The zero-order valence-corrected chi connectivity index (χ0v) is 7.97. The molecule has 0 radical (unpaired) electrons. The van der Waals surface area contributed by atoms with Crippen molar-refractivity contribution in [2.45, 2.75) is 11.8 Å². The van der Waals surface area contributed by atoms with Gasteiger partial charge in [-0.2, -0.15) is 0 Å². The van der Waals surface area contributed by atoms with Gasteiger partial charge in [0.25, 0.3) is 0 Å². The Bertz CT molecular complexity index is 250. The summed E-state index contributed by atoms with van der Waals surface area (Å²) in [5.74, 6) is 0.579. The number of methoxy groups -OCH3 is 1. The molecular weight excluding hydrogens is 176 g/mol. The number of ether oxygens (including phenoxy) is 1. The quantitative estimate of drug-likeness (QED) is 0.555. The third-order valence-electron chi connectivity index (χ3n) is 1.51. The van der Waals surface area contributed by atoms with E-state index in [0.29, 0.717) is 5.94 Å². The third-order valence-corrected chi connectivity index (χ3v) is 2.50. The number of aliphatic hydroxyl groups excluding tert-OH is 1. The standard InChI is InChI=1S/C7H12N2O2S/c1-9-6(4-10)3-8-7(9)12-5-11-2/h3,10H,4-5H2,1-2H3. The molecule has 1 N–H and O–H groups in total. The molecule has 0 saturated carbocycles. The van der Waals surface area contributed by atoms with Crippen LogP contribution in [0.4, 0.5) is 0 Å². The van der Waals surface area contributed by atoms with Gasteiger partial charge in [0.1, 0.15) is 0 Å². The normalized spacial score (nSPS) is 10.6. The molecule has 0 saturated heterocycles. The van der Waals surface area contributed by atoms with Crippen LogP contribution in [0.5, 0.6) is 0 Å². The minimum absolute atomic E-state index is 0.0248. The van der Waals surface area contributed by atoms with Crippen molar-refractivity contribution in [2.24, 2.45) is 7.05 Å². The lowest BCUT2D eigenvalue weighted by atomic mass is 10.5. The number of aliphatic hydroxyl groups is 1. The highest BCUT2D eigenvalue weighted by atomic mass is 32.2. The summed E-state index contributed by atoms with van der Waals surface area (Å²) >= 11 is 1.50. The monoisotopic (exact) mass is 188 g/mol. The van der Waals surface area contributed by atoms with Crippen molar-refractivity contribution < 1.29 is 9.84 Å². The Morgan fingerprint density at radius 2 is 2.50 bits per heavy atom. The Hall–Kier alpha value is -0.520. The van der Waals surface area contributed by atoms with E-state index in [1.807, 2.05) is 11.6 Å². The molecule has 0 aliphatic rings. The minimum Gasteiger partial charge on any atom is -0.390 e. The van der Waals surface area contributed by atoms with Gasteiger partial charge in [0.2, 0.25) is 0 Å². The summed E-state index contributed by atoms with van der Waals surface area (Å²) in [5, 5.41) is 9.72. The molecule has 1 heterocycles. The minimum atomic E-state index is 0.0248. The van der Waals surface area contributed by atoms with E-state index in [-0.39, 0.29) is 6.61 Å². The summed E-state index contributed by atoms with van der Waals surface area (Å²) in [7, 11) is 3.51. The Morgan fingerprint density at radius 1 is 1.75 bits per heavy atom. The van der Waals surface area contributed by atoms with Crippen LogP contribution in [0, 0.1) is 0 Å². The average Bonchev–Trinajstić information content (AvgIpc) is 2.43. The van der Waals surface area contributed by atoms with Crippen LogP contribution in [0.15, 0.2) is 11.4 Å². The van der Waals surface area contributed by atoms with Crippen LogP contribution in [-0.2, 0) is 18.4 Å². The molecule has 0 aromatic carbocycles. The van der Waals surface area contributed by atoms with Crippen molar-refractivity contribution in [3.8, 4) is 0 Å². The molecule has 0 atom stereocenters. The first kappa shape index (κ1) is 9.57. The van der Waals surface area contributed by atoms with Crippen molar-refractivity contribution >= 4 is 11.8 Å². The fraction of sp³-hybridized carbons (Fsp3) is 0.571. The summed E-state index contributed by atoms with van der Waals surface area (Å²) in [5.41, 5.74) is 0.814. The zero-order valence-electron chi connectivity index (χ0n) is 7.15. The van der Waals surface area contributed by atoms with E-state index < -0.39 is 0 Å². The van der Waals surface area contributed by atoms with Crippen LogP contribution in [0.2, 0.25) is 0 Å². The van der Waals surface area contributed by atoms with Gasteiger partial charge in [0.05, 0.1) is 24.4 Å². The molecule has 0 aliphatic carbocycles. The van der Waals surface area contributed by atoms with E-state index in [1.165, 1.54) is 11.8 Å². The van der Waals surface area contributed by atoms with Crippen LogP contribution >= 0.6 is 11.8 Å². The number of thioether (sulfide) groups is 1. The number of hydrogen-bond donors (Lipinski definition) is 1. The van der Waals surface area contributed by atoms with Gasteiger partial charge in [0.15, 0.2) is 5.16 Å². The number of hydrogen-bond acceptors (Lipinski definition) is 4. The van der Waals surface area contributed by atoms with Crippen LogP contribution in [0.3, 0.4) is 0 Å². The molecule has 4 nitrogen and oxygen atoms in total. The molecule has 0 amide bonds. The molecule has 1 aromatic rings. The van der Waals surface area contributed by atoms with Crippen molar-refractivity contribution in [1.82, 2.24) is 9.55 Å². The first-order valence-electron chi connectivity index (χ1n) is 3.52. The first-order chi connectivity index (χ1) is 5.79. The Morgan fingerprint density at radius 3 is 3.00 bits per heavy atom. The smallest absolute Gasteiger partial charge is 0.170 e. The number of aromatic nitrogens is 2. The molecule has 1 rings (SSSR count). The van der Waals surface area contributed by atoms with Gasteiger partial charge in [-0.15, -0.1) is 0 Å². The van der Waals surface area contributed by atoms with E-state index in [1.54, 1.807) is 13.3 Å². The van der Waals surface area contributed by atoms with E-state index >= 15 is 0 Å². The summed E-state index contributed by atoms with van der Waals surface area (Å²) in [6.45, 7) is 0.0248. The third kappa shape index (κ3) is 2.00. The van der Waals surface area contributed by atoms with Crippen LogP contribution in [0.1, 0.15) is 5.69 Å². The van der Waals surface area contributed by atoms with Gasteiger partial charge in [-0.05, 0) is 0 Å². The van der Waals surface area contributed by atoms with Crippen molar-refractivity contribution in [3.63, 3.8) is 0 Å². The SMILES string of the molecule is COCSc1ncc(CO)n1C.